The summed E-state index contributed by atoms with van der Waals surface area (Å²) in [6, 6.07) is 0. The standard InChI is InChI=1S/C30H44O4/c1-18(26(33)34)16-20(31)17-19(2)28(5)14-15-30(7)22-8-10-23-27(3,4)25(32)12-13-29(23,6)21(22)9-11-24(28)30/h8,16,19,21,23-24H,9-15,17H2,1-7H3,(H,33,34)/t19-,21-,23+,24+,28+,29-,30+/m1/s1. The van der Waals surface area contributed by atoms with Gasteiger partial charge >= 0.3 is 5.97 Å². The van der Waals surface area contributed by atoms with Crippen LogP contribution in [0.5, 0.6) is 0 Å². The molecule has 0 aliphatic heterocycles. The van der Waals surface area contributed by atoms with Gasteiger partial charge in [-0.3, -0.25) is 9.59 Å². The first kappa shape index (κ1) is 25.4. The molecule has 0 unspecified atom stereocenters. The van der Waals surface area contributed by atoms with Crippen LogP contribution in [-0.2, 0) is 14.4 Å². The van der Waals surface area contributed by atoms with Crippen molar-refractivity contribution in [3.8, 4) is 0 Å². The van der Waals surface area contributed by atoms with Crippen molar-refractivity contribution in [2.24, 2.45) is 45.3 Å². The van der Waals surface area contributed by atoms with Crippen molar-refractivity contribution < 1.29 is 19.5 Å². The average Bonchev–Trinajstić information content (AvgIpc) is 3.03. The van der Waals surface area contributed by atoms with Gasteiger partial charge in [-0.15, -0.1) is 0 Å². The third-order valence-corrected chi connectivity index (χ3v) is 11.5. The number of Topliss-reactive ketones (excluding diaryl/α,β-unsaturated/α-hetero) is 1. The van der Waals surface area contributed by atoms with Crippen molar-refractivity contribution in [2.75, 3.05) is 0 Å². The van der Waals surface area contributed by atoms with Crippen molar-refractivity contribution in [1.29, 1.82) is 0 Å². The van der Waals surface area contributed by atoms with Crippen molar-refractivity contribution in [1.82, 2.24) is 0 Å². The molecule has 0 aromatic carbocycles. The van der Waals surface area contributed by atoms with Crippen molar-refractivity contribution in [3.63, 3.8) is 0 Å². The number of carbonyl (C=O) groups excluding carboxylic acids is 2. The van der Waals surface area contributed by atoms with Gasteiger partial charge in [0.25, 0.3) is 0 Å². The molecule has 0 aromatic heterocycles. The Labute approximate surface area is 205 Å². The summed E-state index contributed by atoms with van der Waals surface area (Å²) in [4.78, 5) is 36.6. The summed E-state index contributed by atoms with van der Waals surface area (Å²) >= 11 is 0. The van der Waals surface area contributed by atoms with Crippen LogP contribution in [0.4, 0.5) is 0 Å². The molecule has 0 heterocycles. The third kappa shape index (κ3) is 3.57. The molecular weight excluding hydrogens is 424 g/mol. The first-order chi connectivity index (χ1) is 15.7. The van der Waals surface area contributed by atoms with E-state index in [1.54, 1.807) is 5.57 Å². The fourth-order valence-corrected chi connectivity index (χ4v) is 9.16. The lowest BCUT2D eigenvalue weighted by Crippen LogP contribution is -2.56. The molecule has 4 heteroatoms. The summed E-state index contributed by atoms with van der Waals surface area (Å²) in [6.07, 6.45) is 11.6. The number of carbonyl (C=O) groups is 3. The highest BCUT2D eigenvalue weighted by Gasteiger charge is 2.63. The fraction of sp³-hybridized carbons (Fsp3) is 0.767. The summed E-state index contributed by atoms with van der Waals surface area (Å²) in [5.41, 5.74) is 1.93. The van der Waals surface area contributed by atoms with E-state index in [9.17, 15) is 14.4 Å². The van der Waals surface area contributed by atoms with E-state index < -0.39 is 5.97 Å². The normalized spacial score (nSPS) is 42.2. The van der Waals surface area contributed by atoms with E-state index in [0.29, 0.717) is 36.4 Å². The summed E-state index contributed by atoms with van der Waals surface area (Å²) in [5, 5.41) is 9.13. The van der Waals surface area contributed by atoms with E-state index >= 15 is 0 Å². The Morgan fingerprint density at radius 3 is 2.41 bits per heavy atom. The molecule has 0 aromatic rings. The molecule has 0 bridgehead atoms. The molecule has 3 saturated carbocycles. The first-order valence-corrected chi connectivity index (χ1v) is 13.4. The monoisotopic (exact) mass is 468 g/mol. The highest BCUT2D eigenvalue weighted by Crippen LogP contribution is 2.71. The number of aliphatic carboxylic acids is 1. The van der Waals surface area contributed by atoms with Gasteiger partial charge in [0.2, 0.25) is 0 Å². The molecule has 0 spiro atoms. The van der Waals surface area contributed by atoms with E-state index in [2.05, 4.69) is 47.6 Å². The highest BCUT2D eigenvalue weighted by atomic mass is 16.4. The van der Waals surface area contributed by atoms with Crippen LogP contribution in [0.1, 0.15) is 99.8 Å². The van der Waals surface area contributed by atoms with Crippen LogP contribution in [0, 0.1) is 45.3 Å². The summed E-state index contributed by atoms with van der Waals surface area (Å²) in [6.45, 7) is 15.4. The number of fused-ring (bicyclic) bond motifs is 5. The second kappa shape index (κ2) is 8.17. The second-order valence-electron chi connectivity index (χ2n) is 13.4. The minimum Gasteiger partial charge on any atom is -0.478 e. The van der Waals surface area contributed by atoms with Crippen LogP contribution in [-0.4, -0.2) is 22.6 Å². The Bertz CT molecular complexity index is 970. The maximum atomic E-state index is 12.8. The minimum absolute atomic E-state index is 0.0702. The topological polar surface area (TPSA) is 71.4 Å². The van der Waals surface area contributed by atoms with Gasteiger partial charge in [0, 0.05) is 23.8 Å². The maximum absolute atomic E-state index is 12.8. The number of rotatable bonds is 5. The Morgan fingerprint density at radius 2 is 1.76 bits per heavy atom. The highest BCUT2D eigenvalue weighted by molar-refractivity contribution is 5.98. The zero-order chi connectivity index (χ0) is 25.3. The van der Waals surface area contributed by atoms with Crippen LogP contribution in [0.3, 0.4) is 0 Å². The predicted octanol–water partition coefficient (Wildman–Crippen LogP) is 6.79. The summed E-state index contributed by atoms with van der Waals surface area (Å²) in [7, 11) is 0. The Morgan fingerprint density at radius 1 is 1.09 bits per heavy atom. The molecular formula is C30H44O4. The van der Waals surface area contributed by atoms with Crippen LogP contribution < -0.4 is 0 Å². The van der Waals surface area contributed by atoms with Gasteiger partial charge in [-0.05, 0) is 91.4 Å². The molecule has 4 aliphatic carbocycles. The van der Waals surface area contributed by atoms with E-state index in [0.717, 1.165) is 25.7 Å². The zero-order valence-corrected chi connectivity index (χ0v) is 22.3. The van der Waals surface area contributed by atoms with E-state index in [-0.39, 0.29) is 38.9 Å². The Kier molecular flexibility index (Phi) is 6.10. The van der Waals surface area contributed by atoms with E-state index in [4.69, 9.17) is 5.11 Å². The lowest BCUT2D eigenvalue weighted by atomic mass is 9.43. The van der Waals surface area contributed by atoms with Crippen molar-refractivity contribution >= 4 is 17.5 Å². The molecule has 0 saturated heterocycles. The van der Waals surface area contributed by atoms with E-state index in [1.165, 1.54) is 25.8 Å². The van der Waals surface area contributed by atoms with Crippen LogP contribution in [0.15, 0.2) is 23.3 Å². The predicted molar refractivity (Wildman–Crippen MR) is 134 cm³/mol. The van der Waals surface area contributed by atoms with Gasteiger partial charge in [0.1, 0.15) is 5.78 Å². The largest absolute Gasteiger partial charge is 0.478 e. The second-order valence-corrected chi connectivity index (χ2v) is 13.4. The Hall–Kier alpha value is -1.71. The average molecular weight is 469 g/mol. The molecule has 4 nitrogen and oxygen atoms in total. The number of carboxylic acid groups (broad SMARTS) is 1. The quantitative estimate of drug-likeness (QED) is 0.356. The van der Waals surface area contributed by atoms with Gasteiger partial charge in [-0.2, -0.15) is 0 Å². The van der Waals surface area contributed by atoms with Gasteiger partial charge in [-0.25, -0.2) is 4.79 Å². The number of ketones is 2. The molecule has 0 radical (unpaired) electrons. The molecule has 7 atom stereocenters. The fourth-order valence-electron chi connectivity index (χ4n) is 9.16. The minimum atomic E-state index is -1.03. The van der Waals surface area contributed by atoms with Gasteiger partial charge < -0.3 is 5.11 Å². The smallest absolute Gasteiger partial charge is 0.331 e. The van der Waals surface area contributed by atoms with Gasteiger partial charge in [-0.1, -0.05) is 53.2 Å². The van der Waals surface area contributed by atoms with Gasteiger partial charge in [0.05, 0.1) is 0 Å². The lowest BCUT2D eigenvalue weighted by Gasteiger charge is -2.61. The zero-order valence-electron chi connectivity index (χ0n) is 22.3. The number of hydrogen-bond acceptors (Lipinski definition) is 3. The Balaban J connectivity index is 1.60. The molecule has 3 fully saturated rings. The van der Waals surface area contributed by atoms with Crippen LogP contribution in [0.2, 0.25) is 0 Å². The molecule has 188 valence electrons. The first-order valence-electron chi connectivity index (χ1n) is 13.4. The number of carboxylic acids is 1. The number of allylic oxidation sites excluding steroid dienone is 3. The molecule has 4 aliphatic rings. The lowest BCUT2D eigenvalue weighted by molar-refractivity contribution is -0.145. The van der Waals surface area contributed by atoms with Crippen LogP contribution in [0.25, 0.3) is 0 Å². The van der Waals surface area contributed by atoms with Crippen molar-refractivity contribution in [2.45, 2.75) is 99.8 Å². The molecule has 34 heavy (non-hydrogen) atoms. The van der Waals surface area contributed by atoms with Crippen molar-refractivity contribution in [3.05, 3.63) is 23.3 Å². The SMILES string of the molecule is CC(=CC(=O)C[C@@H](C)[C@]1(C)CC[C@@]2(C)C3=CC[C@H]4C(C)(C)C(=O)CC[C@]4(C)[C@@H]3CC[C@@H]12)C(=O)O. The third-order valence-electron chi connectivity index (χ3n) is 11.5. The maximum Gasteiger partial charge on any atom is 0.331 e. The summed E-state index contributed by atoms with van der Waals surface area (Å²) in [5.74, 6) is 1.06. The van der Waals surface area contributed by atoms with Gasteiger partial charge in [0.15, 0.2) is 5.78 Å². The molecule has 0 amide bonds. The number of hydrogen-bond donors (Lipinski definition) is 1. The molecule has 1 N–H and O–H groups in total. The van der Waals surface area contributed by atoms with E-state index in [1.807, 2.05) is 0 Å². The van der Waals surface area contributed by atoms with Crippen LogP contribution >= 0.6 is 0 Å². The molecule has 4 rings (SSSR count). The summed E-state index contributed by atoms with van der Waals surface area (Å²) < 4.78 is 0.